The number of carbonyl (C=O) groups is 1. The predicted molar refractivity (Wildman–Crippen MR) is 52.9 cm³/mol. The average Bonchev–Trinajstić information content (AvgIpc) is 2.75. The van der Waals surface area contributed by atoms with Crippen LogP contribution >= 0.6 is 0 Å². The van der Waals surface area contributed by atoms with Crippen molar-refractivity contribution in [2.45, 2.75) is 44.2 Å². The summed E-state index contributed by atoms with van der Waals surface area (Å²) in [5.41, 5.74) is 5.72. The van der Waals surface area contributed by atoms with Gasteiger partial charge in [0.05, 0.1) is 0 Å². The van der Waals surface area contributed by atoms with E-state index in [4.69, 9.17) is 10.5 Å². The Hall–Kier alpha value is -0.770. The molecule has 4 heteroatoms. The monoisotopic (exact) mass is 198 g/mol. The molecule has 0 spiro atoms. The summed E-state index contributed by atoms with van der Waals surface area (Å²) >= 11 is 0. The van der Waals surface area contributed by atoms with Crippen LogP contribution in [0.15, 0.2) is 0 Å². The van der Waals surface area contributed by atoms with Gasteiger partial charge >= 0.3 is 6.09 Å². The lowest BCUT2D eigenvalue weighted by Crippen LogP contribution is -2.34. The number of carbonyl (C=O) groups excluding carboxylic acids is 1. The lowest BCUT2D eigenvalue weighted by molar-refractivity contribution is 0.0712. The van der Waals surface area contributed by atoms with E-state index in [9.17, 15) is 4.79 Å². The summed E-state index contributed by atoms with van der Waals surface area (Å²) in [5, 5.41) is 0. The topological polar surface area (TPSA) is 55.6 Å². The average molecular weight is 198 g/mol. The first kappa shape index (κ1) is 9.77. The van der Waals surface area contributed by atoms with Crippen LogP contribution in [-0.4, -0.2) is 36.2 Å². The Kier molecular flexibility index (Phi) is 2.91. The van der Waals surface area contributed by atoms with Gasteiger partial charge in [-0.05, 0) is 32.1 Å². The van der Waals surface area contributed by atoms with Crippen LogP contribution in [0.25, 0.3) is 0 Å². The summed E-state index contributed by atoms with van der Waals surface area (Å²) < 4.78 is 5.38. The number of nitrogens with zero attached hydrogens (tertiary/aromatic N) is 1. The minimum Gasteiger partial charge on any atom is -0.446 e. The molecule has 0 bridgehead atoms. The highest BCUT2D eigenvalue weighted by Crippen LogP contribution is 2.22. The molecule has 1 aliphatic heterocycles. The largest absolute Gasteiger partial charge is 0.446 e. The molecule has 0 aromatic rings. The fourth-order valence-corrected chi connectivity index (χ4v) is 2.18. The van der Waals surface area contributed by atoms with E-state index in [1.807, 2.05) is 0 Å². The minimum absolute atomic E-state index is 0.145. The third-order valence-electron chi connectivity index (χ3n) is 3.05. The Morgan fingerprint density at radius 1 is 1.29 bits per heavy atom. The number of hydrogen-bond acceptors (Lipinski definition) is 3. The van der Waals surface area contributed by atoms with Crippen LogP contribution in [0.2, 0.25) is 0 Å². The van der Waals surface area contributed by atoms with Gasteiger partial charge in [-0.2, -0.15) is 0 Å². The van der Waals surface area contributed by atoms with Crippen molar-refractivity contribution < 1.29 is 9.53 Å². The molecule has 14 heavy (non-hydrogen) atoms. The summed E-state index contributed by atoms with van der Waals surface area (Å²) in [7, 11) is 0. The molecule has 2 N–H and O–H groups in total. The van der Waals surface area contributed by atoms with Crippen LogP contribution in [0.1, 0.15) is 32.1 Å². The molecule has 80 valence electrons. The quantitative estimate of drug-likeness (QED) is 0.686. The molecule has 1 saturated carbocycles. The van der Waals surface area contributed by atoms with Gasteiger partial charge in [0.15, 0.2) is 0 Å². The lowest BCUT2D eigenvalue weighted by atomic mass is 10.3. The number of rotatable bonds is 1. The number of likely N-dealkylation sites (tertiary alicyclic amines) is 1. The molecule has 0 aromatic carbocycles. The second-order valence-corrected chi connectivity index (χ2v) is 4.28. The highest BCUT2D eigenvalue weighted by molar-refractivity contribution is 5.68. The predicted octanol–water partition coefficient (Wildman–Crippen LogP) is 1.10. The molecule has 1 saturated heterocycles. The van der Waals surface area contributed by atoms with Crippen molar-refractivity contribution in [3.63, 3.8) is 0 Å². The fraction of sp³-hybridized carbons (Fsp3) is 0.900. The molecule has 1 heterocycles. The molecule has 1 amide bonds. The van der Waals surface area contributed by atoms with Crippen LogP contribution in [0.5, 0.6) is 0 Å². The molecule has 0 radical (unpaired) electrons. The van der Waals surface area contributed by atoms with Crippen molar-refractivity contribution in [1.82, 2.24) is 4.90 Å². The van der Waals surface area contributed by atoms with E-state index in [2.05, 4.69) is 0 Å². The van der Waals surface area contributed by atoms with Crippen molar-refractivity contribution in [2.75, 3.05) is 13.1 Å². The Morgan fingerprint density at radius 3 is 2.57 bits per heavy atom. The highest BCUT2D eigenvalue weighted by atomic mass is 16.6. The van der Waals surface area contributed by atoms with Gasteiger partial charge in [0, 0.05) is 19.1 Å². The summed E-state index contributed by atoms with van der Waals surface area (Å²) in [6.45, 7) is 1.41. The molecule has 1 aliphatic carbocycles. The number of nitrogens with two attached hydrogens (primary N) is 1. The normalized spacial score (nSPS) is 28.4. The van der Waals surface area contributed by atoms with Gasteiger partial charge in [-0.3, -0.25) is 0 Å². The van der Waals surface area contributed by atoms with Crippen molar-refractivity contribution in [3.8, 4) is 0 Å². The van der Waals surface area contributed by atoms with E-state index < -0.39 is 0 Å². The molecular formula is C10H18N2O2. The van der Waals surface area contributed by atoms with Crippen LogP contribution in [-0.2, 0) is 4.74 Å². The third kappa shape index (κ3) is 2.18. The van der Waals surface area contributed by atoms with E-state index in [-0.39, 0.29) is 18.2 Å². The third-order valence-corrected chi connectivity index (χ3v) is 3.05. The van der Waals surface area contributed by atoms with Gasteiger partial charge in [0.2, 0.25) is 0 Å². The summed E-state index contributed by atoms with van der Waals surface area (Å²) in [6.07, 6.45) is 5.36. The van der Waals surface area contributed by atoms with Gasteiger partial charge < -0.3 is 15.4 Å². The fourth-order valence-electron chi connectivity index (χ4n) is 2.18. The Morgan fingerprint density at radius 2 is 2.00 bits per heavy atom. The Balaban J connectivity index is 1.77. The first-order valence-electron chi connectivity index (χ1n) is 5.47. The van der Waals surface area contributed by atoms with Crippen molar-refractivity contribution in [1.29, 1.82) is 0 Å². The van der Waals surface area contributed by atoms with E-state index >= 15 is 0 Å². The SMILES string of the molecule is N[C@@H]1CCN(C(=O)OC2CCCC2)C1. The molecule has 4 nitrogen and oxygen atoms in total. The van der Waals surface area contributed by atoms with Gasteiger partial charge in [-0.25, -0.2) is 4.79 Å². The summed E-state index contributed by atoms with van der Waals surface area (Å²) in [4.78, 5) is 13.3. The summed E-state index contributed by atoms with van der Waals surface area (Å²) in [5.74, 6) is 0. The second kappa shape index (κ2) is 4.17. The van der Waals surface area contributed by atoms with Gasteiger partial charge in [0.1, 0.15) is 6.10 Å². The van der Waals surface area contributed by atoms with Crippen LogP contribution in [0.3, 0.4) is 0 Å². The zero-order valence-electron chi connectivity index (χ0n) is 8.45. The Labute approximate surface area is 84.4 Å². The maximum Gasteiger partial charge on any atom is 0.410 e. The maximum absolute atomic E-state index is 11.6. The van der Waals surface area contributed by atoms with Crippen LogP contribution < -0.4 is 5.73 Å². The molecule has 1 atom stereocenters. The minimum atomic E-state index is -0.162. The van der Waals surface area contributed by atoms with Crippen molar-refractivity contribution >= 4 is 6.09 Å². The molecule has 0 unspecified atom stereocenters. The number of hydrogen-bond donors (Lipinski definition) is 1. The van der Waals surface area contributed by atoms with Crippen molar-refractivity contribution in [2.24, 2.45) is 5.73 Å². The van der Waals surface area contributed by atoms with E-state index in [1.54, 1.807) is 4.90 Å². The lowest BCUT2D eigenvalue weighted by Gasteiger charge is -2.18. The zero-order chi connectivity index (χ0) is 9.97. The number of amides is 1. The molecule has 0 aromatic heterocycles. The number of ether oxygens (including phenoxy) is 1. The van der Waals surface area contributed by atoms with Crippen molar-refractivity contribution in [3.05, 3.63) is 0 Å². The molecule has 2 fully saturated rings. The van der Waals surface area contributed by atoms with Gasteiger partial charge in [-0.15, -0.1) is 0 Å². The zero-order valence-corrected chi connectivity index (χ0v) is 8.45. The summed E-state index contributed by atoms with van der Waals surface area (Å²) in [6, 6.07) is 0.145. The van der Waals surface area contributed by atoms with Gasteiger partial charge in [-0.1, -0.05) is 0 Å². The maximum atomic E-state index is 11.6. The molecule has 2 rings (SSSR count). The van der Waals surface area contributed by atoms with Crippen LogP contribution in [0, 0.1) is 0 Å². The second-order valence-electron chi connectivity index (χ2n) is 4.28. The smallest absolute Gasteiger partial charge is 0.410 e. The first-order chi connectivity index (χ1) is 6.75. The first-order valence-corrected chi connectivity index (χ1v) is 5.47. The molecular weight excluding hydrogens is 180 g/mol. The Bertz CT molecular complexity index is 214. The molecule has 2 aliphatic rings. The standard InChI is InChI=1S/C10H18N2O2/c11-8-5-6-12(7-8)10(13)14-9-3-1-2-4-9/h8-9H,1-7,11H2/t8-/m1/s1. The van der Waals surface area contributed by atoms with E-state index in [0.29, 0.717) is 6.54 Å². The van der Waals surface area contributed by atoms with Crippen LogP contribution in [0.4, 0.5) is 4.79 Å². The highest BCUT2D eigenvalue weighted by Gasteiger charge is 2.27. The van der Waals surface area contributed by atoms with Gasteiger partial charge in [0.25, 0.3) is 0 Å². The van der Waals surface area contributed by atoms with E-state index in [1.165, 1.54) is 12.8 Å². The van der Waals surface area contributed by atoms with E-state index in [0.717, 1.165) is 25.8 Å².